The Morgan fingerprint density at radius 3 is 2.48 bits per heavy atom. The average molecular weight is 281 g/mol. The quantitative estimate of drug-likeness (QED) is 0.936. The van der Waals surface area contributed by atoms with E-state index in [4.69, 9.17) is 0 Å². The maximum atomic E-state index is 9.50. The fourth-order valence-corrected chi connectivity index (χ4v) is 2.84. The fourth-order valence-electron chi connectivity index (χ4n) is 2.84. The number of para-hydroxylation sites is 1. The van der Waals surface area contributed by atoms with Crippen molar-refractivity contribution < 1.29 is 0 Å². The van der Waals surface area contributed by atoms with Crippen molar-refractivity contribution in [1.29, 1.82) is 5.26 Å². The zero-order chi connectivity index (χ0) is 14.7. The van der Waals surface area contributed by atoms with Crippen LogP contribution in [0.3, 0.4) is 0 Å². The van der Waals surface area contributed by atoms with E-state index < -0.39 is 0 Å². The number of aromatic nitrogens is 2. The molecule has 1 aromatic carbocycles. The van der Waals surface area contributed by atoms with Gasteiger partial charge in [0.2, 0.25) is 0 Å². The molecule has 1 aliphatic heterocycles. The third kappa shape index (κ3) is 2.76. The second-order valence-corrected chi connectivity index (χ2v) is 5.30. The molecular formula is C16H19N5. The van der Waals surface area contributed by atoms with Crippen LogP contribution in [0, 0.1) is 18.3 Å². The molecular weight excluding hydrogens is 262 g/mol. The maximum Gasteiger partial charge on any atom is 0.142 e. The van der Waals surface area contributed by atoms with E-state index in [1.807, 2.05) is 13.0 Å². The summed E-state index contributed by atoms with van der Waals surface area (Å²) in [5.74, 6) is 0. The molecule has 1 aliphatic rings. The van der Waals surface area contributed by atoms with Gasteiger partial charge in [0.25, 0.3) is 0 Å². The molecule has 1 aromatic heterocycles. The number of nitrogens with one attached hydrogen (secondary N) is 1. The van der Waals surface area contributed by atoms with Crippen molar-refractivity contribution in [3.8, 4) is 6.07 Å². The van der Waals surface area contributed by atoms with Crippen LogP contribution in [0.4, 0.5) is 5.69 Å². The Bertz CT molecular complexity index is 620. The summed E-state index contributed by atoms with van der Waals surface area (Å²) in [6.45, 7) is 5.59. The summed E-state index contributed by atoms with van der Waals surface area (Å²) in [4.78, 5) is 11.9. The Labute approximate surface area is 124 Å². The van der Waals surface area contributed by atoms with Gasteiger partial charge in [-0.2, -0.15) is 5.26 Å². The molecule has 0 saturated carbocycles. The number of benzene rings is 1. The first-order valence-corrected chi connectivity index (χ1v) is 7.23. The molecule has 2 heterocycles. The van der Waals surface area contributed by atoms with Gasteiger partial charge in [-0.3, -0.25) is 4.90 Å². The lowest BCUT2D eigenvalue weighted by molar-refractivity contribution is 0.219. The summed E-state index contributed by atoms with van der Waals surface area (Å²) in [6, 6.07) is 12.6. The molecule has 1 N–H and O–H groups in total. The van der Waals surface area contributed by atoms with Gasteiger partial charge in [0.15, 0.2) is 0 Å². The molecule has 21 heavy (non-hydrogen) atoms. The third-order valence-corrected chi connectivity index (χ3v) is 4.05. The van der Waals surface area contributed by atoms with Crippen LogP contribution in [0.2, 0.25) is 0 Å². The van der Waals surface area contributed by atoms with Gasteiger partial charge in [-0.25, -0.2) is 4.98 Å². The highest BCUT2D eigenvalue weighted by molar-refractivity contribution is 5.46. The molecule has 0 radical (unpaired) electrons. The summed E-state index contributed by atoms with van der Waals surface area (Å²) in [5, 5.41) is 9.50. The molecule has 1 unspecified atom stereocenters. The Balaban J connectivity index is 1.68. The first-order valence-electron chi connectivity index (χ1n) is 7.23. The molecule has 1 fully saturated rings. The Morgan fingerprint density at radius 2 is 1.90 bits per heavy atom. The largest absolute Gasteiger partial charge is 0.369 e. The normalized spacial score (nSPS) is 17.4. The molecule has 2 aromatic rings. The number of aromatic amines is 1. The molecule has 1 saturated heterocycles. The summed E-state index contributed by atoms with van der Waals surface area (Å²) >= 11 is 0. The van der Waals surface area contributed by atoms with E-state index in [0.29, 0.717) is 0 Å². The predicted octanol–water partition coefficient (Wildman–Crippen LogP) is 2.10. The van der Waals surface area contributed by atoms with Gasteiger partial charge in [0.1, 0.15) is 6.04 Å². The minimum atomic E-state index is -0.255. The van der Waals surface area contributed by atoms with Crippen LogP contribution >= 0.6 is 0 Å². The van der Waals surface area contributed by atoms with E-state index in [1.165, 1.54) is 5.69 Å². The lowest BCUT2D eigenvalue weighted by atomic mass is 10.1. The molecule has 108 valence electrons. The predicted molar refractivity (Wildman–Crippen MR) is 81.9 cm³/mol. The minimum absolute atomic E-state index is 0.255. The van der Waals surface area contributed by atoms with Crippen molar-refractivity contribution in [3.63, 3.8) is 0 Å². The highest BCUT2D eigenvalue weighted by Gasteiger charge is 2.27. The first-order chi connectivity index (χ1) is 10.3. The zero-order valence-electron chi connectivity index (χ0n) is 12.2. The molecule has 0 spiro atoms. The van der Waals surface area contributed by atoms with Gasteiger partial charge >= 0.3 is 0 Å². The van der Waals surface area contributed by atoms with Crippen LogP contribution in [0.5, 0.6) is 0 Å². The number of hydrogen-bond donors (Lipinski definition) is 1. The number of hydrogen-bond acceptors (Lipinski definition) is 4. The van der Waals surface area contributed by atoms with Gasteiger partial charge in [0.05, 0.1) is 18.1 Å². The van der Waals surface area contributed by atoms with Crippen molar-refractivity contribution in [2.75, 3.05) is 31.1 Å². The topological polar surface area (TPSA) is 59.0 Å². The van der Waals surface area contributed by atoms with Crippen LogP contribution in [0.1, 0.15) is 17.4 Å². The van der Waals surface area contributed by atoms with E-state index in [0.717, 1.165) is 37.6 Å². The molecule has 5 heteroatoms. The monoisotopic (exact) mass is 281 g/mol. The minimum Gasteiger partial charge on any atom is -0.369 e. The molecule has 0 amide bonds. The van der Waals surface area contributed by atoms with Crippen molar-refractivity contribution >= 4 is 5.69 Å². The lowest BCUT2D eigenvalue weighted by Gasteiger charge is -2.37. The van der Waals surface area contributed by atoms with Crippen LogP contribution < -0.4 is 4.90 Å². The summed E-state index contributed by atoms with van der Waals surface area (Å²) in [5.41, 5.74) is 3.08. The number of rotatable bonds is 3. The highest BCUT2D eigenvalue weighted by Crippen LogP contribution is 2.23. The summed E-state index contributed by atoms with van der Waals surface area (Å²) in [7, 11) is 0. The SMILES string of the molecule is Cc1[nH]cnc1C(C#N)N1CCN(c2ccccc2)CC1. The Hall–Kier alpha value is -2.32. The molecule has 1 atom stereocenters. The average Bonchev–Trinajstić information content (AvgIpc) is 2.96. The maximum absolute atomic E-state index is 9.50. The molecule has 3 rings (SSSR count). The van der Waals surface area contributed by atoms with E-state index in [9.17, 15) is 5.26 Å². The highest BCUT2D eigenvalue weighted by atomic mass is 15.3. The van der Waals surface area contributed by atoms with Crippen molar-refractivity contribution in [2.24, 2.45) is 0 Å². The van der Waals surface area contributed by atoms with Gasteiger partial charge in [-0.05, 0) is 19.1 Å². The van der Waals surface area contributed by atoms with Gasteiger partial charge in [-0.1, -0.05) is 18.2 Å². The van der Waals surface area contributed by atoms with Gasteiger partial charge in [0, 0.05) is 37.6 Å². The molecule has 0 aliphatic carbocycles. The Kier molecular flexibility index (Phi) is 3.89. The van der Waals surface area contributed by atoms with Gasteiger partial charge < -0.3 is 9.88 Å². The Morgan fingerprint density at radius 1 is 1.19 bits per heavy atom. The number of anilines is 1. The number of imidazole rings is 1. The summed E-state index contributed by atoms with van der Waals surface area (Å²) < 4.78 is 0. The third-order valence-electron chi connectivity index (χ3n) is 4.05. The summed E-state index contributed by atoms with van der Waals surface area (Å²) in [6.07, 6.45) is 1.66. The number of aryl methyl sites for hydroxylation is 1. The standard InChI is InChI=1S/C16H19N5/c1-13-16(19-12-18-13)15(11-17)21-9-7-20(8-10-21)14-5-3-2-4-6-14/h2-6,12,15H,7-10H2,1H3,(H,18,19). The van der Waals surface area contributed by atoms with Gasteiger partial charge in [-0.15, -0.1) is 0 Å². The lowest BCUT2D eigenvalue weighted by Crippen LogP contribution is -2.47. The van der Waals surface area contributed by atoms with Crippen molar-refractivity contribution in [1.82, 2.24) is 14.9 Å². The first kappa shape index (κ1) is 13.7. The van der Waals surface area contributed by atoms with Crippen LogP contribution in [0.15, 0.2) is 36.7 Å². The smallest absolute Gasteiger partial charge is 0.142 e. The van der Waals surface area contributed by atoms with E-state index in [2.05, 4.69) is 50.1 Å². The van der Waals surface area contributed by atoms with Crippen LogP contribution in [0.25, 0.3) is 0 Å². The number of piperazine rings is 1. The van der Waals surface area contributed by atoms with Crippen molar-refractivity contribution in [2.45, 2.75) is 13.0 Å². The number of H-pyrrole nitrogens is 1. The van der Waals surface area contributed by atoms with Crippen molar-refractivity contribution in [3.05, 3.63) is 48.0 Å². The number of nitriles is 1. The second-order valence-electron chi connectivity index (χ2n) is 5.30. The van der Waals surface area contributed by atoms with E-state index >= 15 is 0 Å². The van der Waals surface area contributed by atoms with Crippen LogP contribution in [-0.2, 0) is 0 Å². The van der Waals surface area contributed by atoms with E-state index in [-0.39, 0.29) is 6.04 Å². The number of nitrogens with zero attached hydrogens (tertiary/aromatic N) is 4. The molecule has 5 nitrogen and oxygen atoms in total. The molecule has 0 bridgehead atoms. The fraction of sp³-hybridized carbons (Fsp3) is 0.375. The second kappa shape index (κ2) is 5.98. The zero-order valence-corrected chi connectivity index (χ0v) is 12.2. The van der Waals surface area contributed by atoms with E-state index in [1.54, 1.807) is 6.33 Å². The van der Waals surface area contributed by atoms with Crippen LogP contribution in [-0.4, -0.2) is 41.0 Å².